The van der Waals surface area contributed by atoms with Crippen molar-refractivity contribution in [3.63, 3.8) is 0 Å². The molecule has 0 saturated heterocycles. The Morgan fingerprint density at radius 3 is 2.74 bits per heavy atom. The quantitative estimate of drug-likeness (QED) is 0.781. The van der Waals surface area contributed by atoms with Gasteiger partial charge in [-0.1, -0.05) is 18.2 Å². The molecule has 0 aliphatic carbocycles. The van der Waals surface area contributed by atoms with Crippen LogP contribution in [0.25, 0.3) is 0 Å². The highest BCUT2D eigenvalue weighted by Crippen LogP contribution is 2.16. The van der Waals surface area contributed by atoms with Crippen LogP contribution in [0.1, 0.15) is 27.2 Å². The monoisotopic (exact) mass is 258 g/mol. The van der Waals surface area contributed by atoms with Crippen LogP contribution in [-0.4, -0.2) is 22.6 Å². The average Bonchev–Trinajstić information content (AvgIpc) is 2.72. The molecule has 0 spiro atoms. The Bertz CT molecular complexity index is 589. The maximum Gasteiger partial charge on any atom is 0.257 e. The van der Waals surface area contributed by atoms with E-state index in [9.17, 15) is 4.79 Å². The summed E-state index contributed by atoms with van der Waals surface area (Å²) < 4.78 is 0. The van der Waals surface area contributed by atoms with Crippen molar-refractivity contribution in [2.75, 3.05) is 11.9 Å². The van der Waals surface area contributed by atoms with E-state index in [1.54, 1.807) is 6.07 Å². The van der Waals surface area contributed by atoms with Crippen molar-refractivity contribution in [1.29, 1.82) is 0 Å². The molecule has 5 nitrogen and oxygen atoms in total. The van der Waals surface area contributed by atoms with Crippen LogP contribution in [0.5, 0.6) is 0 Å². The van der Waals surface area contributed by atoms with Crippen molar-refractivity contribution in [3.05, 3.63) is 46.6 Å². The second kappa shape index (κ2) is 5.67. The summed E-state index contributed by atoms with van der Waals surface area (Å²) in [5, 5.41) is 9.75. The number of anilines is 1. The van der Waals surface area contributed by atoms with E-state index >= 15 is 0 Å². The van der Waals surface area contributed by atoms with Gasteiger partial charge in [0.05, 0.1) is 0 Å². The molecule has 1 aromatic carbocycles. The van der Waals surface area contributed by atoms with Gasteiger partial charge in [0.25, 0.3) is 5.91 Å². The van der Waals surface area contributed by atoms with Gasteiger partial charge in [-0.25, -0.2) is 0 Å². The molecule has 0 bridgehead atoms. The lowest BCUT2D eigenvalue weighted by Gasteiger charge is -2.08. The molecule has 2 rings (SSSR count). The van der Waals surface area contributed by atoms with Crippen LogP contribution >= 0.6 is 0 Å². The number of nitrogens with one attached hydrogen (secondary N) is 2. The minimum atomic E-state index is -0.154. The lowest BCUT2D eigenvalue weighted by atomic mass is 10.0. The van der Waals surface area contributed by atoms with E-state index in [1.165, 1.54) is 0 Å². The fourth-order valence-corrected chi connectivity index (χ4v) is 1.90. The molecule has 4 N–H and O–H groups in total. The number of hydrogen-bond donors (Lipinski definition) is 3. The lowest BCUT2D eigenvalue weighted by Crippen LogP contribution is -2.16. The molecule has 0 unspecified atom stereocenters. The van der Waals surface area contributed by atoms with Gasteiger partial charge in [0.1, 0.15) is 0 Å². The summed E-state index contributed by atoms with van der Waals surface area (Å²) >= 11 is 0. The van der Waals surface area contributed by atoms with Gasteiger partial charge in [-0.2, -0.15) is 5.10 Å². The topological polar surface area (TPSA) is 83.8 Å². The van der Waals surface area contributed by atoms with E-state index < -0.39 is 0 Å². The summed E-state index contributed by atoms with van der Waals surface area (Å²) in [5.41, 5.74) is 9.06. The number of aromatic amines is 1. The zero-order valence-electron chi connectivity index (χ0n) is 11.2. The SMILES string of the molecule is Cc1[nH]nc(NC(=O)c2ccccc2CCN)c1C. The zero-order chi connectivity index (χ0) is 13.8. The highest BCUT2D eigenvalue weighted by molar-refractivity contribution is 6.05. The molecule has 100 valence electrons. The van der Waals surface area contributed by atoms with Crippen LogP contribution in [0.3, 0.4) is 0 Å². The molecule has 0 fully saturated rings. The standard InChI is InChI=1S/C14H18N4O/c1-9-10(2)17-18-13(9)16-14(19)12-6-4-3-5-11(12)7-8-15/h3-6H,7-8,15H2,1-2H3,(H2,16,17,18,19). The summed E-state index contributed by atoms with van der Waals surface area (Å²) in [6.07, 6.45) is 0.683. The van der Waals surface area contributed by atoms with Crippen molar-refractivity contribution >= 4 is 11.7 Å². The summed E-state index contributed by atoms with van der Waals surface area (Å²) in [4.78, 5) is 12.3. The Balaban J connectivity index is 2.23. The van der Waals surface area contributed by atoms with E-state index in [0.717, 1.165) is 16.8 Å². The Morgan fingerprint density at radius 1 is 1.37 bits per heavy atom. The molecular weight excluding hydrogens is 240 g/mol. The molecule has 0 atom stereocenters. The van der Waals surface area contributed by atoms with Gasteiger partial charge in [-0.15, -0.1) is 0 Å². The molecule has 5 heteroatoms. The normalized spacial score (nSPS) is 10.5. The minimum absolute atomic E-state index is 0.154. The number of nitrogens with two attached hydrogens (primary N) is 1. The van der Waals surface area contributed by atoms with Crippen LogP contribution < -0.4 is 11.1 Å². The molecule has 0 aliphatic heterocycles. The number of rotatable bonds is 4. The first-order valence-electron chi connectivity index (χ1n) is 6.24. The van der Waals surface area contributed by atoms with Gasteiger partial charge in [0.2, 0.25) is 0 Å². The van der Waals surface area contributed by atoms with E-state index in [1.807, 2.05) is 32.0 Å². The van der Waals surface area contributed by atoms with Gasteiger partial charge in [0, 0.05) is 16.8 Å². The third kappa shape index (κ3) is 2.82. The van der Waals surface area contributed by atoms with Gasteiger partial charge < -0.3 is 11.1 Å². The smallest absolute Gasteiger partial charge is 0.257 e. The highest BCUT2D eigenvalue weighted by Gasteiger charge is 2.13. The summed E-state index contributed by atoms with van der Waals surface area (Å²) in [5.74, 6) is 0.420. The first-order chi connectivity index (χ1) is 9.13. The Hall–Kier alpha value is -2.14. The second-order valence-corrected chi connectivity index (χ2v) is 4.47. The van der Waals surface area contributed by atoms with Crippen LogP contribution in [0, 0.1) is 13.8 Å². The van der Waals surface area contributed by atoms with Crippen LogP contribution in [-0.2, 0) is 6.42 Å². The molecule has 1 heterocycles. The molecule has 1 aromatic heterocycles. The maximum absolute atomic E-state index is 12.3. The number of carbonyl (C=O) groups excluding carboxylic acids is 1. The van der Waals surface area contributed by atoms with Crippen molar-refractivity contribution < 1.29 is 4.79 Å². The molecular formula is C14H18N4O. The number of aryl methyl sites for hydroxylation is 1. The number of aromatic nitrogens is 2. The highest BCUT2D eigenvalue weighted by atomic mass is 16.1. The van der Waals surface area contributed by atoms with Gasteiger partial charge in [-0.05, 0) is 38.4 Å². The Kier molecular flexibility index (Phi) is 3.97. The molecule has 0 saturated carbocycles. The van der Waals surface area contributed by atoms with Gasteiger partial charge in [0.15, 0.2) is 5.82 Å². The first kappa shape index (κ1) is 13.3. The van der Waals surface area contributed by atoms with Crippen molar-refractivity contribution in [2.45, 2.75) is 20.3 Å². The first-order valence-corrected chi connectivity index (χ1v) is 6.24. The lowest BCUT2D eigenvalue weighted by molar-refractivity contribution is 0.102. The molecule has 0 radical (unpaired) electrons. The van der Waals surface area contributed by atoms with E-state index in [4.69, 9.17) is 5.73 Å². The van der Waals surface area contributed by atoms with E-state index in [0.29, 0.717) is 24.3 Å². The molecule has 1 amide bonds. The maximum atomic E-state index is 12.3. The minimum Gasteiger partial charge on any atom is -0.330 e. The van der Waals surface area contributed by atoms with Crippen molar-refractivity contribution in [2.24, 2.45) is 5.73 Å². The number of carbonyl (C=O) groups is 1. The van der Waals surface area contributed by atoms with Crippen LogP contribution in [0.2, 0.25) is 0 Å². The average molecular weight is 258 g/mol. The number of hydrogen-bond acceptors (Lipinski definition) is 3. The number of nitrogens with zero attached hydrogens (tertiary/aromatic N) is 1. The van der Waals surface area contributed by atoms with Crippen molar-refractivity contribution in [1.82, 2.24) is 10.2 Å². The van der Waals surface area contributed by atoms with Crippen molar-refractivity contribution in [3.8, 4) is 0 Å². The van der Waals surface area contributed by atoms with Crippen LogP contribution in [0.4, 0.5) is 5.82 Å². The number of amides is 1. The largest absolute Gasteiger partial charge is 0.330 e. The summed E-state index contributed by atoms with van der Waals surface area (Å²) in [7, 11) is 0. The molecule has 0 aliphatic rings. The predicted molar refractivity (Wildman–Crippen MR) is 75.2 cm³/mol. The van der Waals surface area contributed by atoms with E-state index in [2.05, 4.69) is 15.5 Å². The fraction of sp³-hybridized carbons (Fsp3) is 0.286. The van der Waals surface area contributed by atoms with Gasteiger partial charge >= 0.3 is 0 Å². The molecule has 19 heavy (non-hydrogen) atoms. The second-order valence-electron chi connectivity index (χ2n) is 4.47. The van der Waals surface area contributed by atoms with Crippen LogP contribution in [0.15, 0.2) is 24.3 Å². The third-order valence-corrected chi connectivity index (χ3v) is 3.16. The summed E-state index contributed by atoms with van der Waals surface area (Å²) in [6, 6.07) is 7.48. The Morgan fingerprint density at radius 2 is 2.11 bits per heavy atom. The Labute approximate surface area is 112 Å². The van der Waals surface area contributed by atoms with E-state index in [-0.39, 0.29) is 5.91 Å². The predicted octanol–water partition coefficient (Wildman–Crippen LogP) is 1.78. The number of benzene rings is 1. The molecule has 2 aromatic rings. The number of H-pyrrole nitrogens is 1. The third-order valence-electron chi connectivity index (χ3n) is 3.16. The fourth-order valence-electron chi connectivity index (χ4n) is 1.90. The summed E-state index contributed by atoms with van der Waals surface area (Å²) in [6.45, 7) is 4.35. The zero-order valence-corrected chi connectivity index (χ0v) is 11.2. The van der Waals surface area contributed by atoms with Gasteiger partial charge in [-0.3, -0.25) is 9.89 Å².